The molecule has 0 atom stereocenters. The van der Waals surface area contributed by atoms with Crippen molar-refractivity contribution in [2.75, 3.05) is 32.8 Å². The van der Waals surface area contributed by atoms with Crippen LogP contribution in [0.3, 0.4) is 0 Å². The van der Waals surface area contributed by atoms with Gasteiger partial charge in [0.15, 0.2) is 6.61 Å². The Morgan fingerprint density at radius 1 is 0.912 bits per heavy atom. The number of carbonyl (C=O) groups is 2. The van der Waals surface area contributed by atoms with Gasteiger partial charge in [0.2, 0.25) is 10.0 Å². The summed E-state index contributed by atoms with van der Waals surface area (Å²) in [5, 5.41) is 1.80. The third-order valence-corrected chi connectivity index (χ3v) is 7.46. The number of amides is 1. The molecule has 1 amide bonds. The van der Waals surface area contributed by atoms with Gasteiger partial charge >= 0.3 is 5.97 Å². The van der Waals surface area contributed by atoms with Crippen LogP contribution < -0.4 is 0 Å². The van der Waals surface area contributed by atoms with Crippen molar-refractivity contribution < 1.29 is 27.1 Å². The second-order valence-electron chi connectivity index (χ2n) is 7.79. The van der Waals surface area contributed by atoms with Crippen molar-refractivity contribution in [3.05, 3.63) is 84.2 Å². The SMILES string of the molecule is O=C(/C=C/c1ccc(F)cc1)OCC(=O)N1CCN(S(=O)(=O)c2ccc3ccccc3c2)CC1. The van der Waals surface area contributed by atoms with E-state index in [1.54, 1.807) is 18.2 Å². The van der Waals surface area contributed by atoms with E-state index in [2.05, 4.69) is 0 Å². The molecule has 1 aliphatic rings. The maximum Gasteiger partial charge on any atom is 0.331 e. The minimum Gasteiger partial charge on any atom is -0.452 e. The number of halogens is 1. The predicted octanol–water partition coefficient (Wildman–Crippen LogP) is 3.07. The van der Waals surface area contributed by atoms with Crippen LogP contribution in [0.4, 0.5) is 4.39 Å². The number of ether oxygens (including phenoxy) is 1. The molecule has 1 fully saturated rings. The van der Waals surface area contributed by atoms with E-state index in [4.69, 9.17) is 4.74 Å². The van der Waals surface area contributed by atoms with Crippen LogP contribution >= 0.6 is 0 Å². The summed E-state index contributed by atoms with van der Waals surface area (Å²) in [6.07, 6.45) is 2.62. The van der Waals surface area contributed by atoms with E-state index >= 15 is 0 Å². The Kier molecular flexibility index (Phi) is 7.04. The average Bonchev–Trinajstić information content (AvgIpc) is 2.86. The molecule has 1 saturated heterocycles. The van der Waals surface area contributed by atoms with E-state index in [0.717, 1.165) is 16.8 Å². The van der Waals surface area contributed by atoms with Gasteiger partial charge in [-0.2, -0.15) is 4.31 Å². The molecular formula is C25H23FN2O5S. The second-order valence-corrected chi connectivity index (χ2v) is 9.72. The number of nitrogens with zero attached hydrogens (tertiary/aromatic N) is 2. The van der Waals surface area contributed by atoms with E-state index in [-0.39, 0.29) is 36.9 Å². The Hall–Kier alpha value is -3.56. The summed E-state index contributed by atoms with van der Waals surface area (Å²) in [5.41, 5.74) is 0.619. The number of hydrogen-bond donors (Lipinski definition) is 0. The summed E-state index contributed by atoms with van der Waals surface area (Å²) in [6, 6.07) is 18.1. The number of sulfonamides is 1. The Balaban J connectivity index is 1.29. The zero-order valence-electron chi connectivity index (χ0n) is 18.3. The lowest BCUT2D eigenvalue weighted by Gasteiger charge is -2.33. The van der Waals surface area contributed by atoms with Crippen LogP contribution in [0.25, 0.3) is 16.8 Å². The van der Waals surface area contributed by atoms with Crippen molar-refractivity contribution in [3.8, 4) is 0 Å². The molecule has 0 N–H and O–H groups in total. The number of piperazine rings is 1. The van der Waals surface area contributed by atoms with Gasteiger partial charge in [-0.1, -0.05) is 42.5 Å². The first-order chi connectivity index (χ1) is 16.3. The standard InChI is InChI=1S/C25H23FN2O5S/c26-22-9-5-19(6-10-22)7-12-25(30)33-18-24(29)27-13-15-28(16-14-27)34(31,32)23-11-8-20-3-1-2-4-21(20)17-23/h1-12,17H,13-16,18H2/b12-7+. The van der Waals surface area contributed by atoms with Gasteiger partial charge in [-0.25, -0.2) is 17.6 Å². The molecule has 0 radical (unpaired) electrons. The molecule has 3 aromatic rings. The first-order valence-corrected chi connectivity index (χ1v) is 12.1. The third kappa shape index (κ3) is 5.49. The van der Waals surface area contributed by atoms with Crippen LogP contribution in [0.15, 0.2) is 77.7 Å². The molecule has 4 rings (SSSR count). The molecule has 1 aliphatic heterocycles. The molecular weight excluding hydrogens is 459 g/mol. The van der Waals surface area contributed by atoms with E-state index in [1.807, 2.05) is 24.3 Å². The number of esters is 1. The number of rotatable bonds is 6. The van der Waals surface area contributed by atoms with Crippen LogP contribution in [-0.4, -0.2) is 62.3 Å². The monoisotopic (exact) mass is 482 g/mol. The van der Waals surface area contributed by atoms with E-state index in [9.17, 15) is 22.4 Å². The van der Waals surface area contributed by atoms with Gasteiger partial charge < -0.3 is 9.64 Å². The lowest BCUT2D eigenvalue weighted by atomic mass is 10.1. The molecule has 7 nitrogen and oxygen atoms in total. The molecule has 0 aromatic heterocycles. The Morgan fingerprint density at radius 3 is 2.29 bits per heavy atom. The molecule has 3 aromatic carbocycles. The third-order valence-electron chi connectivity index (χ3n) is 5.57. The molecule has 1 heterocycles. The molecule has 176 valence electrons. The smallest absolute Gasteiger partial charge is 0.331 e. The lowest BCUT2D eigenvalue weighted by molar-refractivity contribution is -0.148. The quantitative estimate of drug-likeness (QED) is 0.398. The van der Waals surface area contributed by atoms with E-state index < -0.39 is 28.5 Å². The normalized spacial score (nSPS) is 15.0. The topological polar surface area (TPSA) is 84.0 Å². The summed E-state index contributed by atoms with van der Waals surface area (Å²) >= 11 is 0. The molecule has 34 heavy (non-hydrogen) atoms. The van der Waals surface area contributed by atoms with Crippen LogP contribution in [0.2, 0.25) is 0 Å². The summed E-state index contributed by atoms with van der Waals surface area (Å²) in [6.45, 7) is 0.270. The summed E-state index contributed by atoms with van der Waals surface area (Å²) < 4.78 is 45.4. The molecule has 0 bridgehead atoms. The highest BCUT2D eigenvalue weighted by molar-refractivity contribution is 7.89. The highest BCUT2D eigenvalue weighted by atomic mass is 32.2. The van der Waals surface area contributed by atoms with Crippen LogP contribution in [-0.2, 0) is 24.3 Å². The molecule has 0 unspecified atom stereocenters. The molecule has 0 saturated carbocycles. The summed E-state index contributed by atoms with van der Waals surface area (Å²) in [5.74, 6) is -1.48. The fraction of sp³-hybridized carbons (Fsp3) is 0.200. The lowest BCUT2D eigenvalue weighted by Crippen LogP contribution is -2.51. The van der Waals surface area contributed by atoms with E-state index in [0.29, 0.717) is 5.56 Å². The van der Waals surface area contributed by atoms with Gasteiger partial charge in [0.25, 0.3) is 5.91 Å². The zero-order chi connectivity index (χ0) is 24.1. The van der Waals surface area contributed by atoms with Gasteiger partial charge in [0, 0.05) is 32.3 Å². The average molecular weight is 483 g/mol. The van der Waals surface area contributed by atoms with Crippen molar-refractivity contribution in [2.24, 2.45) is 0 Å². The largest absolute Gasteiger partial charge is 0.452 e. The molecule has 9 heteroatoms. The molecule has 0 aliphatic carbocycles. The Labute approximate surface area is 197 Å². The maximum atomic E-state index is 13.1. The zero-order valence-corrected chi connectivity index (χ0v) is 19.1. The van der Waals surface area contributed by atoms with Crippen molar-refractivity contribution >= 4 is 38.7 Å². The fourth-order valence-electron chi connectivity index (χ4n) is 3.67. The number of hydrogen-bond acceptors (Lipinski definition) is 5. The van der Waals surface area contributed by atoms with E-state index in [1.165, 1.54) is 39.5 Å². The van der Waals surface area contributed by atoms with Crippen molar-refractivity contribution in [3.63, 3.8) is 0 Å². The first kappa shape index (κ1) is 23.6. The van der Waals surface area contributed by atoms with Gasteiger partial charge in [0.1, 0.15) is 5.82 Å². The van der Waals surface area contributed by atoms with Crippen LogP contribution in [0.5, 0.6) is 0 Å². The van der Waals surface area contributed by atoms with Crippen LogP contribution in [0, 0.1) is 5.82 Å². The number of benzene rings is 3. The molecule has 0 spiro atoms. The van der Waals surface area contributed by atoms with Crippen molar-refractivity contribution in [1.82, 2.24) is 9.21 Å². The predicted molar refractivity (Wildman–Crippen MR) is 126 cm³/mol. The van der Waals surface area contributed by atoms with Gasteiger partial charge in [-0.3, -0.25) is 4.79 Å². The Bertz CT molecular complexity index is 1330. The first-order valence-electron chi connectivity index (χ1n) is 10.7. The van der Waals surface area contributed by atoms with Gasteiger partial charge in [-0.15, -0.1) is 0 Å². The second kappa shape index (κ2) is 10.1. The van der Waals surface area contributed by atoms with Crippen molar-refractivity contribution in [2.45, 2.75) is 4.90 Å². The van der Waals surface area contributed by atoms with Gasteiger partial charge in [0.05, 0.1) is 4.90 Å². The summed E-state index contributed by atoms with van der Waals surface area (Å²) in [7, 11) is -3.69. The minimum absolute atomic E-state index is 0.152. The van der Waals surface area contributed by atoms with Gasteiger partial charge in [-0.05, 0) is 46.7 Å². The maximum absolute atomic E-state index is 13.1. The van der Waals surface area contributed by atoms with Crippen LogP contribution in [0.1, 0.15) is 5.56 Å². The summed E-state index contributed by atoms with van der Waals surface area (Å²) in [4.78, 5) is 26.0. The fourth-order valence-corrected chi connectivity index (χ4v) is 5.12. The highest BCUT2D eigenvalue weighted by Gasteiger charge is 2.30. The number of carbonyl (C=O) groups excluding carboxylic acids is 2. The minimum atomic E-state index is -3.69. The Morgan fingerprint density at radius 2 is 1.59 bits per heavy atom. The van der Waals surface area contributed by atoms with Crippen molar-refractivity contribution in [1.29, 1.82) is 0 Å². The highest BCUT2D eigenvalue weighted by Crippen LogP contribution is 2.23. The number of fused-ring (bicyclic) bond motifs is 1.